The quantitative estimate of drug-likeness (QED) is 0.850. The van der Waals surface area contributed by atoms with Crippen LogP contribution >= 0.6 is 0 Å². The van der Waals surface area contributed by atoms with Gasteiger partial charge in [0.25, 0.3) is 0 Å². The van der Waals surface area contributed by atoms with Gasteiger partial charge in [-0.2, -0.15) is 5.10 Å². The number of aromatic amines is 1. The predicted molar refractivity (Wildman–Crippen MR) is 78.8 cm³/mol. The highest BCUT2D eigenvalue weighted by Gasteiger charge is 2.20. The molecule has 5 nitrogen and oxygen atoms in total. The molecule has 1 aliphatic rings. The zero-order valence-corrected chi connectivity index (χ0v) is 12.0. The molecule has 0 radical (unpaired) electrons. The number of H-pyrrole nitrogens is 1. The molecular weight excluding hydrogens is 268 g/mol. The van der Waals surface area contributed by atoms with Gasteiger partial charge in [-0.25, -0.2) is 4.79 Å². The minimum absolute atomic E-state index is 0.0956. The van der Waals surface area contributed by atoms with E-state index in [1.807, 2.05) is 6.07 Å². The Labute approximate surface area is 123 Å². The van der Waals surface area contributed by atoms with E-state index in [-0.39, 0.29) is 5.69 Å². The van der Waals surface area contributed by atoms with E-state index in [4.69, 9.17) is 9.84 Å². The van der Waals surface area contributed by atoms with Crippen molar-refractivity contribution in [2.24, 2.45) is 0 Å². The number of nitrogens with one attached hydrogen (secondary N) is 1. The molecular formula is C16H18N2O3. The van der Waals surface area contributed by atoms with Gasteiger partial charge in [-0.3, -0.25) is 5.10 Å². The lowest BCUT2D eigenvalue weighted by Crippen LogP contribution is -1.99. The lowest BCUT2D eigenvalue weighted by molar-refractivity contribution is 0.0690. The lowest BCUT2D eigenvalue weighted by Gasteiger charge is -2.15. The Balaban J connectivity index is 2.16. The Morgan fingerprint density at radius 3 is 2.81 bits per heavy atom. The van der Waals surface area contributed by atoms with E-state index >= 15 is 0 Å². The van der Waals surface area contributed by atoms with E-state index in [1.54, 1.807) is 13.2 Å². The first-order chi connectivity index (χ1) is 10.2. The number of carbonyl (C=O) groups is 1. The Kier molecular flexibility index (Phi) is 3.64. The van der Waals surface area contributed by atoms with Crippen LogP contribution in [0.2, 0.25) is 0 Å². The molecule has 110 valence electrons. The van der Waals surface area contributed by atoms with E-state index in [2.05, 4.69) is 16.3 Å². The number of aryl methyl sites for hydroxylation is 1. The molecule has 1 aromatic heterocycles. The van der Waals surface area contributed by atoms with Crippen molar-refractivity contribution >= 4 is 5.97 Å². The number of ether oxygens (including phenoxy) is 1. The van der Waals surface area contributed by atoms with E-state index in [9.17, 15) is 4.79 Å². The number of hydrogen-bond donors (Lipinski definition) is 2. The number of fused-ring (bicyclic) bond motifs is 1. The third-order valence-electron chi connectivity index (χ3n) is 4.03. The highest BCUT2D eigenvalue weighted by Crippen LogP contribution is 2.37. The second-order valence-corrected chi connectivity index (χ2v) is 5.31. The van der Waals surface area contributed by atoms with Crippen LogP contribution in [0.5, 0.6) is 5.75 Å². The molecule has 1 heterocycles. The number of rotatable bonds is 3. The zero-order chi connectivity index (χ0) is 14.8. The molecule has 3 rings (SSSR count). The van der Waals surface area contributed by atoms with Crippen molar-refractivity contribution in [3.63, 3.8) is 0 Å². The molecule has 2 N–H and O–H groups in total. The number of benzene rings is 1. The Morgan fingerprint density at radius 2 is 2.10 bits per heavy atom. The van der Waals surface area contributed by atoms with Crippen molar-refractivity contribution in [3.8, 4) is 17.0 Å². The molecule has 21 heavy (non-hydrogen) atoms. The van der Waals surface area contributed by atoms with Crippen molar-refractivity contribution < 1.29 is 14.6 Å². The molecule has 0 saturated carbocycles. The van der Waals surface area contributed by atoms with Crippen molar-refractivity contribution in [1.29, 1.82) is 0 Å². The average molecular weight is 286 g/mol. The van der Waals surface area contributed by atoms with E-state index in [0.717, 1.165) is 30.6 Å². The standard InChI is InChI=1S/C16H18N2O3/c1-21-14-8-7-10-5-3-2-4-6-11(10)15(14)12-9-13(16(19)20)18-17-12/h7-9H,2-6H2,1H3,(H,17,18)(H,19,20). The van der Waals surface area contributed by atoms with Gasteiger partial charge in [0.15, 0.2) is 0 Å². The van der Waals surface area contributed by atoms with Crippen LogP contribution in [0.15, 0.2) is 18.2 Å². The highest BCUT2D eigenvalue weighted by molar-refractivity contribution is 5.87. The number of carboxylic acid groups (broad SMARTS) is 1. The molecule has 0 fully saturated rings. The van der Waals surface area contributed by atoms with Gasteiger partial charge in [0.2, 0.25) is 0 Å². The summed E-state index contributed by atoms with van der Waals surface area (Å²) in [5.74, 6) is -0.256. The first-order valence-corrected chi connectivity index (χ1v) is 7.18. The van der Waals surface area contributed by atoms with Gasteiger partial charge in [-0.1, -0.05) is 12.5 Å². The summed E-state index contributed by atoms with van der Waals surface area (Å²) in [4.78, 5) is 11.0. The van der Waals surface area contributed by atoms with E-state index < -0.39 is 5.97 Å². The molecule has 0 atom stereocenters. The van der Waals surface area contributed by atoms with Crippen LogP contribution in [-0.4, -0.2) is 28.4 Å². The number of aromatic carboxylic acids is 1. The van der Waals surface area contributed by atoms with Gasteiger partial charge < -0.3 is 9.84 Å². The maximum absolute atomic E-state index is 11.0. The summed E-state index contributed by atoms with van der Waals surface area (Å²) in [5.41, 5.74) is 4.24. The molecule has 1 aromatic carbocycles. The van der Waals surface area contributed by atoms with Gasteiger partial charge in [0, 0.05) is 5.56 Å². The fraction of sp³-hybridized carbons (Fsp3) is 0.375. The maximum atomic E-state index is 11.0. The van der Waals surface area contributed by atoms with Gasteiger partial charge in [0.1, 0.15) is 11.4 Å². The van der Waals surface area contributed by atoms with Crippen LogP contribution in [0.4, 0.5) is 0 Å². The molecule has 0 spiro atoms. The molecule has 5 heteroatoms. The van der Waals surface area contributed by atoms with Gasteiger partial charge in [0.05, 0.1) is 12.8 Å². The highest BCUT2D eigenvalue weighted by atomic mass is 16.5. The van der Waals surface area contributed by atoms with Crippen LogP contribution in [0.3, 0.4) is 0 Å². The molecule has 2 aromatic rings. The predicted octanol–water partition coefficient (Wildman–Crippen LogP) is 3.05. The topological polar surface area (TPSA) is 75.2 Å². The Hall–Kier alpha value is -2.30. The van der Waals surface area contributed by atoms with Gasteiger partial charge >= 0.3 is 5.97 Å². The van der Waals surface area contributed by atoms with Crippen molar-refractivity contribution in [2.75, 3.05) is 7.11 Å². The normalized spacial score (nSPS) is 14.3. The summed E-state index contributed by atoms with van der Waals surface area (Å²) in [6.07, 6.45) is 5.60. The van der Waals surface area contributed by atoms with E-state index in [1.165, 1.54) is 24.0 Å². The minimum atomic E-state index is -1.00. The first kappa shape index (κ1) is 13.7. The smallest absolute Gasteiger partial charge is 0.353 e. The van der Waals surface area contributed by atoms with Crippen LogP contribution in [0.25, 0.3) is 11.3 Å². The number of nitrogens with zero attached hydrogens (tertiary/aromatic N) is 1. The summed E-state index contributed by atoms with van der Waals surface area (Å²) >= 11 is 0. The fourth-order valence-corrected chi connectivity index (χ4v) is 2.99. The minimum Gasteiger partial charge on any atom is -0.496 e. The van der Waals surface area contributed by atoms with E-state index in [0.29, 0.717) is 5.69 Å². The zero-order valence-electron chi connectivity index (χ0n) is 12.0. The van der Waals surface area contributed by atoms with Crippen LogP contribution in [0.1, 0.15) is 40.9 Å². The van der Waals surface area contributed by atoms with Crippen molar-refractivity contribution in [1.82, 2.24) is 10.2 Å². The van der Waals surface area contributed by atoms with Crippen molar-refractivity contribution in [3.05, 3.63) is 35.0 Å². The molecule has 0 unspecified atom stereocenters. The molecule has 0 saturated heterocycles. The number of hydrogen-bond acceptors (Lipinski definition) is 3. The van der Waals surface area contributed by atoms with Crippen LogP contribution in [-0.2, 0) is 12.8 Å². The third-order valence-corrected chi connectivity index (χ3v) is 4.03. The SMILES string of the molecule is COc1ccc2c(c1-c1cc(C(=O)O)[nH]n1)CCCCC2. The molecule has 0 amide bonds. The van der Waals surface area contributed by atoms with Gasteiger partial charge in [-0.15, -0.1) is 0 Å². The van der Waals surface area contributed by atoms with Crippen LogP contribution in [0, 0.1) is 0 Å². The lowest BCUT2D eigenvalue weighted by atomic mass is 9.94. The maximum Gasteiger partial charge on any atom is 0.353 e. The van der Waals surface area contributed by atoms with Gasteiger partial charge in [-0.05, 0) is 48.9 Å². The second kappa shape index (κ2) is 5.60. The Morgan fingerprint density at radius 1 is 1.29 bits per heavy atom. The number of methoxy groups -OCH3 is 1. The van der Waals surface area contributed by atoms with Crippen LogP contribution < -0.4 is 4.74 Å². The fourth-order valence-electron chi connectivity index (χ4n) is 2.99. The number of aromatic nitrogens is 2. The summed E-state index contributed by atoms with van der Waals surface area (Å²) in [6, 6.07) is 5.65. The summed E-state index contributed by atoms with van der Waals surface area (Å²) in [7, 11) is 1.63. The molecule has 1 aliphatic carbocycles. The summed E-state index contributed by atoms with van der Waals surface area (Å²) < 4.78 is 5.48. The first-order valence-electron chi connectivity index (χ1n) is 7.18. The number of carboxylic acids is 1. The summed E-state index contributed by atoms with van der Waals surface area (Å²) in [6.45, 7) is 0. The Bertz CT molecular complexity index is 676. The molecule has 0 bridgehead atoms. The largest absolute Gasteiger partial charge is 0.496 e. The monoisotopic (exact) mass is 286 g/mol. The summed E-state index contributed by atoms with van der Waals surface area (Å²) in [5, 5.41) is 15.8. The third kappa shape index (κ3) is 2.51. The van der Waals surface area contributed by atoms with Crippen molar-refractivity contribution in [2.45, 2.75) is 32.1 Å². The molecule has 0 aliphatic heterocycles. The second-order valence-electron chi connectivity index (χ2n) is 5.31. The average Bonchev–Trinajstić information content (AvgIpc) is 2.85.